The van der Waals surface area contributed by atoms with Gasteiger partial charge in [-0.15, -0.1) is 0 Å². The van der Waals surface area contributed by atoms with Crippen molar-refractivity contribution in [3.8, 4) is 11.5 Å². The average Bonchev–Trinajstić information content (AvgIpc) is 3.01. The van der Waals surface area contributed by atoms with Crippen molar-refractivity contribution >= 4 is 23.1 Å². The molecule has 0 saturated carbocycles. The van der Waals surface area contributed by atoms with Gasteiger partial charge in [-0.2, -0.15) is 0 Å². The zero-order chi connectivity index (χ0) is 21.1. The van der Waals surface area contributed by atoms with Crippen molar-refractivity contribution < 1.29 is 19.1 Å². The van der Waals surface area contributed by atoms with Crippen molar-refractivity contribution in [2.24, 2.45) is 0 Å². The summed E-state index contributed by atoms with van der Waals surface area (Å²) in [6.45, 7) is 1.90. The molecular weight excluding hydrogens is 381 g/mol. The average molecular weight is 401 g/mol. The third kappa shape index (κ3) is 4.02. The van der Waals surface area contributed by atoms with Gasteiger partial charge in [-0.1, -0.05) is 36.4 Å². The highest BCUT2D eigenvalue weighted by Gasteiger charge is 2.25. The first-order valence-corrected chi connectivity index (χ1v) is 9.53. The van der Waals surface area contributed by atoms with Gasteiger partial charge in [0.2, 0.25) is 5.91 Å². The van der Waals surface area contributed by atoms with Gasteiger partial charge in [-0.3, -0.25) is 10.0 Å². The zero-order valence-electron chi connectivity index (χ0n) is 16.4. The monoisotopic (exact) mass is 401 g/mol. The van der Waals surface area contributed by atoms with E-state index in [0.29, 0.717) is 11.1 Å². The fourth-order valence-corrected chi connectivity index (χ4v) is 3.60. The molecule has 3 aromatic carbocycles. The van der Waals surface area contributed by atoms with Gasteiger partial charge in [0, 0.05) is 0 Å². The molecule has 0 bridgehead atoms. The summed E-state index contributed by atoms with van der Waals surface area (Å²) in [4.78, 5) is 11.7. The van der Waals surface area contributed by atoms with Crippen molar-refractivity contribution in [3.63, 3.8) is 0 Å². The van der Waals surface area contributed by atoms with Gasteiger partial charge in [0.1, 0.15) is 17.3 Å². The van der Waals surface area contributed by atoms with Crippen molar-refractivity contribution in [1.29, 1.82) is 0 Å². The van der Waals surface area contributed by atoms with Crippen LogP contribution in [0, 0.1) is 5.82 Å². The van der Waals surface area contributed by atoms with Gasteiger partial charge < -0.3 is 4.74 Å². The molecule has 0 atom stereocenters. The summed E-state index contributed by atoms with van der Waals surface area (Å²) < 4.78 is 19.7. The second-order valence-corrected chi connectivity index (χ2v) is 7.05. The Balaban J connectivity index is 1.66. The molecule has 0 aromatic heterocycles. The molecule has 4 nitrogen and oxygen atoms in total. The molecule has 0 fully saturated rings. The largest absolute Gasteiger partial charge is 0.457 e. The minimum atomic E-state index is -0.539. The van der Waals surface area contributed by atoms with Gasteiger partial charge in [0.25, 0.3) is 0 Å². The molecule has 30 heavy (non-hydrogen) atoms. The summed E-state index contributed by atoms with van der Waals surface area (Å²) in [6, 6.07) is 21.8. The second kappa shape index (κ2) is 8.35. The highest BCUT2D eigenvalue weighted by molar-refractivity contribution is 6.08. The molecule has 1 amide bonds. The quantitative estimate of drug-likeness (QED) is 0.417. The lowest BCUT2D eigenvalue weighted by Gasteiger charge is -2.07. The fraction of sp³-hybridized carbons (Fsp3) is 0.0800. The molecule has 1 aliphatic rings. The Labute approximate surface area is 173 Å². The molecule has 5 heteroatoms. The number of carbonyl (C=O) groups excluding carboxylic acids is 1. The van der Waals surface area contributed by atoms with Crippen LogP contribution in [-0.2, 0) is 4.79 Å². The Morgan fingerprint density at radius 3 is 2.40 bits per heavy atom. The molecule has 0 aliphatic heterocycles. The Kier molecular flexibility index (Phi) is 5.46. The normalized spacial score (nSPS) is 14.0. The highest BCUT2D eigenvalue weighted by atomic mass is 19.1. The van der Waals surface area contributed by atoms with E-state index in [1.165, 1.54) is 12.1 Å². The van der Waals surface area contributed by atoms with E-state index in [0.717, 1.165) is 33.8 Å². The van der Waals surface area contributed by atoms with E-state index < -0.39 is 5.91 Å². The number of halogens is 1. The predicted octanol–water partition coefficient (Wildman–Crippen LogP) is 5.84. The maximum absolute atomic E-state index is 13.9. The van der Waals surface area contributed by atoms with Crippen molar-refractivity contribution in [3.05, 3.63) is 101 Å². The van der Waals surface area contributed by atoms with Crippen LogP contribution in [0.3, 0.4) is 0 Å². The Bertz CT molecular complexity index is 1150. The molecule has 0 saturated heterocycles. The van der Waals surface area contributed by atoms with Gasteiger partial charge in [-0.25, -0.2) is 9.87 Å². The molecular formula is C25H20FNO3. The van der Waals surface area contributed by atoms with Crippen LogP contribution in [0.25, 0.3) is 17.2 Å². The number of amides is 1. The predicted molar refractivity (Wildman–Crippen MR) is 114 cm³/mol. The lowest BCUT2D eigenvalue weighted by atomic mass is 10.0. The van der Waals surface area contributed by atoms with Crippen LogP contribution in [0.15, 0.2) is 78.4 Å². The topological polar surface area (TPSA) is 58.6 Å². The van der Waals surface area contributed by atoms with Crippen molar-refractivity contribution in [2.75, 3.05) is 0 Å². The molecule has 0 unspecified atom stereocenters. The van der Waals surface area contributed by atoms with Crippen LogP contribution in [-0.4, -0.2) is 11.1 Å². The lowest BCUT2D eigenvalue weighted by Crippen LogP contribution is -2.18. The van der Waals surface area contributed by atoms with Crippen molar-refractivity contribution in [1.82, 2.24) is 5.48 Å². The highest BCUT2D eigenvalue weighted by Crippen LogP contribution is 2.43. The van der Waals surface area contributed by atoms with E-state index in [9.17, 15) is 9.18 Å². The standard InChI is InChI=1S/C25H20FNO3/c1-16-22(21-12-9-18(26)14-24(21)23(16)15-25(28)27-29)13-17-7-10-20(11-8-17)30-19-5-3-2-4-6-19/h2-14,29H,15H2,1H3,(H,27,28)/b22-13-. The van der Waals surface area contributed by atoms with E-state index in [-0.39, 0.29) is 12.2 Å². The number of rotatable bonds is 5. The lowest BCUT2D eigenvalue weighted by molar-refractivity contribution is -0.128. The molecule has 4 rings (SSSR count). The summed E-state index contributed by atoms with van der Waals surface area (Å²) in [5, 5.41) is 8.89. The Hall–Kier alpha value is -3.70. The SMILES string of the molecule is CC1=C(CC(=O)NO)c2cc(F)ccc2/C1=C\c1ccc(Oc2ccccc2)cc1. The number of hydrogen-bond donors (Lipinski definition) is 2. The van der Waals surface area contributed by atoms with E-state index in [1.807, 2.05) is 67.6 Å². The van der Waals surface area contributed by atoms with Gasteiger partial charge in [0.05, 0.1) is 6.42 Å². The second-order valence-electron chi connectivity index (χ2n) is 7.05. The number of allylic oxidation sites excluding steroid dienone is 2. The first-order valence-electron chi connectivity index (χ1n) is 9.53. The summed E-state index contributed by atoms with van der Waals surface area (Å²) in [7, 11) is 0. The molecule has 2 N–H and O–H groups in total. The number of nitrogens with one attached hydrogen (secondary N) is 1. The maximum atomic E-state index is 13.9. The van der Waals surface area contributed by atoms with E-state index in [4.69, 9.17) is 9.94 Å². The third-order valence-corrected chi connectivity index (χ3v) is 5.09. The van der Waals surface area contributed by atoms with Crippen LogP contribution >= 0.6 is 0 Å². The van der Waals surface area contributed by atoms with E-state index in [1.54, 1.807) is 11.5 Å². The first kappa shape index (κ1) is 19.6. The summed E-state index contributed by atoms with van der Waals surface area (Å²) in [6.07, 6.45) is 1.97. The number of fused-ring (bicyclic) bond motifs is 1. The number of para-hydroxylation sites is 1. The Morgan fingerprint density at radius 1 is 1.00 bits per heavy atom. The van der Waals surface area contributed by atoms with Crippen LogP contribution in [0.4, 0.5) is 4.39 Å². The van der Waals surface area contributed by atoms with Crippen molar-refractivity contribution in [2.45, 2.75) is 13.3 Å². The summed E-state index contributed by atoms with van der Waals surface area (Å²) >= 11 is 0. The van der Waals surface area contributed by atoms with Crippen LogP contribution in [0.1, 0.15) is 30.0 Å². The molecule has 150 valence electrons. The number of ether oxygens (including phenoxy) is 1. The minimum absolute atomic E-state index is 0.0278. The number of hydroxylamine groups is 1. The van der Waals surface area contributed by atoms with Crippen LogP contribution < -0.4 is 10.2 Å². The van der Waals surface area contributed by atoms with Gasteiger partial charge in [0.15, 0.2) is 0 Å². The number of benzene rings is 3. The fourth-order valence-electron chi connectivity index (χ4n) is 3.60. The molecule has 0 heterocycles. The number of carbonyl (C=O) groups is 1. The molecule has 0 spiro atoms. The molecule has 1 aliphatic carbocycles. The first-order chi connectivity index (χ1) is 14.5. The minimum Gasteiger partial charge on any atom is -0.457 e. The third-order valence-electron chi connectivity index (χ3n) is 5.09. The van der Waals surface area contributed by atoms with E-state index in [2.05, 4.69) is 0 Å². The smallest absolute Gasteiger partial charge is 0.247 e. The maximum Gasteiger partial charge on any atom is 0.247 e. The van der Waals surface area contributed by atoms with Gasteiger partial charge in [-0.05, 0) is 82.8 Å². The number of hydrogen-bond acceptors (Lipinski definition) is 3. The van der Waals surface area contributed by atoms with Crippen LogP contribution in [0.2, 0.25) is 0 Å². The summed E-state index contributed by atoms with van der Waals surface area (Å²) in [5.74, 6) is 0.584. The molecule has 3 aromatic rings. The van der Waals surface area contributed by atoms with Gasteiger partial charge >= 0.3 is 0 Å². The zero-order valence-corrected chi connectivity index (χ0v) is 16.4. The Morgan fingerprint density at radius 2 is 1.70 bits per heavy atom. The summed E-state index contributed by atoms with van der Waals surface area (Å²) in [5.41, 5.74) is 6.63. The molecule has 0 radical (unpaired) electrons. The van der Waals surface area contributed by atoms with Crippen LogP contribution in [0.5, 0.6) is 11.5 Å². The van der Waals surface area contributed by atoms with E-state index >= 15 is 0 Å².